The van der Waals surface area contributed by atoms with Crippen LogP contribution in [0.5, 0.6) is 0 Å². The van der Waals surface area contributed by atoms with E-state index in [4.69, 9.17) is 16.7 Å². The number of hydrogen-bond acceptors (Lipinski definition) is 4. The average molecular weight is 301 g/mol. The fourth-order valence-corrected chi connectivity index (χ4v) is 1.61. The van der Waals surface area contributed by atoms with Gasteiger partial charge in [0.15, 0.2) is 0 Å². The molecule has 0 aliphatic heterocycles. The van der Waals surface area contributed by atoms with Gasteiger partial charge in [-0.05, 0) is 19.9 Å². The lowest BCUT2D eigenvalue weighted by molar-refractivity contribution is -0.385. The first-order chi connectivity index (χ1) is 9.16. The van der Waals surface area contributed by atoms with Crippen molar-refractivity contribution in [1.29, 1.82) is 0 Å². The van der Waals surface area contributed by atoms with Crippen molar-refractivity contribution < 1.29 is 19.6 Å². The molecule has 0 aromatic heterocycles. The van der Waals surface area contributed by atoms with Crippen molar-refractivity contribution in [2.45, 2.75) is 13.8 Å². The first kappa shape index (κ1) is 15.9. The maximum absolute atomic E-state index is 12.0. The smallest absolute Gasteiger partial charge is 0.310 e. The van der Waals surface area contributed by atoms with Gasteiger partial charge in [-0.1, -0.05) is 17.7 Å². The van der Waals surface area contributed by atoms with Crippen molar-refractivity contribution in [2.24, 2.45) is 5.41 Å². The molecule has 8 heteroatoms. The normalized spacial score (nSPS) is 10.9. The number of nitrogens with zero attached hydrogens (tertiary/aromatic N) is 1. The van der Waals surface area contributed by atoms with E-state index >= 15 is 0 Å². The quantitative estimate of drug-likeness (QED) is 0.639. The monoisotopic (exact) mass is 300 g/mol. The summed E-state index contributed by atoms with van der Waals surface area (Å²) >= 11 is 5.80. The summed E-state index contributed by atoms with van der Waals surface area (Å²) < 4.78 is 0. The minimum absolute atomic E-state index is 0.0650. The Balaban J connectivity index is 2.99. The highest BCUT2D eigenvalue weighted by Gasteiger charge is 2.30. The van der Waals surface area contributed by atoms with Gasteiger partial charge in [-0.15, -0.1) is 0 Å². The Bertz CT molecular complexity index is 571. The number of carboxylic acid groups (broad SMARTS) is 1. The molecule has 1 amide bonds. The highest BCUT2D eigenvalue weighted by atomic mass is 35.5. The number of nitro benzene ring substituents is 1. The van der Waals surface area contributed by atoms with Gasteiger partial charge in [-0.2, -0.15) is 0 Å². The van der Waals surface area contributed by atoms with Gasteiger partial charge in [0.05, 0.1) is 15.4 Å². The summed E-state index contributed by atoms with van der Waals surface area (Å²) in [5, 5.41) is 22.1. The molecule has 2 N–H and O–H groups in total. The molecule has 20 heavy (non-hydrogen) atoms. The predicted octanol–water partition coefficient (Wildman–Crippen LogP) is 2.09. The van der Waals surface area contributed by atoms with Crippen LogP contribution in [-0.4, -0.2) is 28.5 Å². The molecule has 0 radical (unpaired) electrons. The maximum atomic E-state index is 12.0. The molecule has 7 nitrogen and oxygen atoms in total. The molecular formula is C12H13ClN2O5. The van der Waals surface area contributed by atoms with Crippen LogP contribution in [0.4, 0.5) is 5.69 Å². The van der Waals surface area contributed by atoms with Crippen molar-refractivity contribution in [1.82, 2.24) is 5.32 Å². The van der Waals surface area contributed by atoms with Gasteiger partial charge in [-0.25, -0.2) is 0 Å². The molecular weight excluding hydrogens is 288 g/mol. The fraction of sp³-hybridized carbons (Fsp3) is 0.333. The second-order valence-corrected chi connectivity index (χ2v) is 5.17. The number of carboxylic acids is 1. The topological polar surface area (TPSA) is 110 Å². The second-order valence-electron chi connectivity index (χ2n) is 4.76. The molecule has 1 aromatic carbocycles. The van der Waals surface area contributed by atoms with Crippen molar-refractivity contribution in [2.75, 3.05) is 6.54 Å². The molecule has 0 saturated carbocycles. The number of aliphatic carboxylic acids is 1. The lowest BCUT2D eigenvalue weighted by Crippen LogP contribution is -2.39. The minimum Gasteiger partial charge on any atom is -0.481 e. The zero-order valence-corrected chi connectivity index (χ0v) is 11.6. The summed E-state index contributed by atoms with van der Waals surface area (Å²) in [6.07, 6.45) is 0. The van der Waals surface area contributed by atoms with E-state index in [9.17, 15) is 19.7 Å². The maximum Gasteiger partial charge on any atom is 0.310 e. The largest absolute Gasteiger partial charge is 0.481 e. The summed E-state index contributed by atoms with van der Waals surface area (Å²) in [6.45, 7) is 2.68. The van der Waals surface area contributed by atoms with E-state index in [-0.39, 0.29) is 17.1 Å². The van der Waals surface area contributed by atoms with Crippen LogP contribution in [0.25, 0.3) is 0 Å². The third-order valence-electron chi connectivity index (χ3n) is 2.69. The molecule has 0 heterocycles. The molecule has 1 aromatic rings. The molecule has 108 valence electrons. The Morgan fingerprint density at radius 2 is 2.05 bits per heavy atom. The molecule has 0 fully saturated rings. The molecule has 0 atom stereocenters. The summed E-state index contributed by atoms with van der Waals surface area (Å²) in [6, 6.07) is 3.87. The molecule has 0 saturated heterocycles. The van der Waals surface area contributed by atoms with Crippen LogP contribution in [0.2, 0.25) is 5.02 Å². The second kappa shape index (κ2) is 5.87. The van der Waals surface area contributed by atoms with E-state index in [0.29, 0.717) is 0 Å². The SMILES string of the molecule is CC(C)(CNC(=O)c1c(Cl)cccc1[N+](=O)[O-])C(=O)O. The van der Waals surface area contributed by atoms with Gasteiger partial charge in [0.1, 0.15) is 5.56 Å². The molecule has 0 aliphatic rings. The zero-order valence-electron chi connectivity index (χ0n) is 10.8. The molecule has 0 unspecified atom stereocenters. The number of amides is 1. The number of benzene rings is 1. The molecule has 1 rings (SSSR count). The zero-order chi connectivity index (χ0) is 15.5. The van der Waals surface area contributed by atoms with Crippen LogP contribution < -0.4 is 5.32 Å². The number of carbonyl (C=O) groups excluding carboxylic acids is 1. The van der Waals surface area contributed by atoms with Crippen molar-refractivity contribution in [3.05, 3.63) is 38.9 Å². The van der Waals surface area contributed by atoms with E-state index in [2.05, 4.69) is 5.32 Å². The average Bonchev–Trinajstić information content (AvgIpc) is 2.35. The Labute approximate surface area is 119 Å². The van der Waals surface area contributed by atoms with E-state index < -0.39 is 27.9 Å². The van der Waals surface area contributed by atoms with Crippen LogP contribution in [0.1, 0.15) is 24.2 Å². The minimum atomic E-state index is -1.19. The van der Waals surface area contributed by atoms with Gasteiger partial charge >= 0.3 is 5.97 Å². The summed E-state index contributed by atoms with van der Waals surface area (Å²) in [5.41, 5.74) is -1.89. The Hall–Kier alpha value is -2.15. The van der Waals surface area contributed by atoms with Gasteiger partial charge < -0.3 is 10.4 Å². The molecule has 0 spiro atoms. The summed E-state index contributed by atoms with van der Waals surface area (Å²) in [5.74, 6) is -1.87. The first-order valence-corrected chi connectivity index (χ1v) is 5.99. The molecule has 0 aliphatic carbocycles. The van der Waals surface area contributed by atoms with E-state index in [0.717, 1.165) is 6.07 Å². The van der Waals surface area contributed by atoms with E-state index in [1.807, 2.05) is 0 Å². The van der Waals surface area contributed by atoms with Crippen LogP contribution in [0.3, 0.4) is 0 Å². The third kappa shape index (κ3) is 3.45. The van der Waals surface area contributed by atoms with E-state index in [1.165, 1.54) is 26.0 Å². The highest BCUT2D eigenvalue weighted by molar-refractivity contribution is 6.34. The number of carbonyl (C=O) groups is 2. The standard InChI is InChI=1S/C12H13ClN2O5/c1-12(2,11(17)18)6-14-10(16)9-7(13)4-3-5-8(9)15(19)20/h3-5H,6H2,1-2H3,(H,14,16)(H,17,18). The summed E-state index contributed by atoms with van der Waals surface area (Å²) in [4.78, 5) is 33.0. The lowest BCUT2D eigenvalue weighted by atomic mass is 9.94. The number of rotatable bonds is 5. The predicted molar refractivity (Wildman–Crippen MR) is 71.9 cm³/mol. The Morgan fingerprint density at radius 1 is 1.45 bits per heavy atom. The van der Waals surface area contributed by atoms with Crippen molar-refractivity contribution in [3.8, 4) is 0 Å². The van der Waals surface area contributed by atoms with Crippen LogP contribution >= 0.6 is 11.6 Å². The fourth-order valence-electron chi connectivity index (χ4n) is 1.35. The number of hydrogen-bond donors (Lipinski definition) is 2. The van der Waals surface area contributed by atoms with Gasteiger partial charge in [0, 0.05) is 12.6 Å². The number of nitro groups is 1. The van der Waals surface area contributed by atoms with Gasteiger partial charge in [-0.3, -0.25) is 19.7 Å². The Kier molecular flexibility index (Phi) is 4.67. The van der Waals surface area contributed by atoms with Gasteiger partial charge in [0.25, 0.3) is 11.6 Å². The molecule has 0 bridgehead atoms. The van der Waals surface area contributed by atoms with Gasteiger partial charge in [0.2, 0.25) is 0 Å². The number of nitrogens with one attached hydrogen (secondary N) is 1. The van der Waals surface area contributed by atoms with Crippen LogP contribution in [0.15, 0.2) is 18.2 Å². The highest BCUT2D eigenvalue weighted by Crippen LogP contribution is 2.26. The van der Waals surface area contributed by atoms with Crippen LogP contribution in [0, 0.1) is 15.5 Å². The third-order valence-corrected chi connectivity index (χ3v) is 3.00. The first-order valence-electron chi connectivity index (χ1n) is 5.61. The van der Waals surface area contributed by atoms with Crippen molar-refractivity contribution >= 4 is 29.2 Å². The van der Waals surface area contributed by atoms with Crippen LogP contribution in [-0.2, 0) is 4.79 Å². The number of halogens is 1. The Morgan fingerprint density at radius 3 is 2.55 bits per heavy atom. The van der Waals surface area contributed by atoms with Crippen molar-refractivity contribution in [3.63, 3.8) is 0 Å². The summed E-state index contributed by atoms with van der Waals surface area (Å²) in [7, 11) is 0. The lowest BCUT2D eigenvalue weighted by Gasteiger charge is -2.19. The van der Waals surface area contributed by atoms with E-state index in [1.54, 1.807) is 0 Å².